The number of halogens is 1. The average molecular weight is 277 g/mol. The van der Waals surface area contributed by atoms with E-state index >= 15 is 0 Å². The first-order chi connectivity index (χ1) is 7.70. The smallest absolute Gasteiger partial charge is 0.275 e. The Morgan fingerprint density at radius 1 is 1.65 bits per heavy atom. The van der Waals surface area contributed by atoms with Gasteiger partial charge in [-0.1, -0.05) is 0 Å². The maximum Gasteiger partial charge on any atom is 0.275 e. The molecule has 2 N–H and O–H groups in total. The molecule has 1 aliphatic rings. The quantitative estimate of drug-likeness (QED) is 0.884. The number of nitrogens with two attached hydrogens (primary N) is 1. The van der Waals surface area contributed by atoms with Crippen molar-refractivity contribution < 1.29 is 4.79 Å². The van der Waals surface area contributed by atoms with Crippen LogP contribution in [0.5, 0.6) is 0 Å². The van der Waals surface area contributed by atoms with Crippen molar-refractivity contribution in [1.29, 1.82) is 0 Å². The van der Waals surface area contributed by atoms with Crippen LogP contribution >= 0.6 is 24.1 Å². The van der Waals surface area contributed by atoms with Crippen LogP contribution < -0.4 is 5.73 Å². The predicted molar refractivity (Wildman–Crippen MR) is 69.5 cm³/mol. The number of carbonyl (C=O) groups is 1. The molecule has 0 aromatic carbocycles. The number of piperidine rings is 1. The molecule has 1 aliphatic heterocycles. The van der Waals surface area contributed by atoms with Gasteiger partial charge < -0.3 is 10.6 Å². The van der Waals surface area contributed by atoms with E-state index in [1.807, 2.05) is 11.8 Å². The van der Waals surface area contributed by atoms with Gasteiger partial charge in [0.25, 0.3) is 5.91 Å². The molecule has 7 heteroatoms. The van der Waals surface area contributed by atoms with Crippen LogP contribution in [0.4, 0.5) is 0 Å². The van der Waals surface area contributed by atoms with E-state index in [-0.39, 0.29) is 30.4 Å². The van der Waals surface area contributed by atoms with Gasteiger partial charge in [0, 0.05) is 18.6 Å². The van der Waals surface area contributed by atoms with Crippen LogP contribution in [0.1, 0.15) is 36.7 Å². The van der Waals surface area contributed by atoms with E-state index in [1.54, 1.807) is 0 Å². The molecule has 0 radical (unpaired) electrons. The zero-order chi connectivity index (χ0) is 11.5. The summed E-state index contributed by atoms with van der Waals surface area (Å²) in [5, 5.41) is 0. The highest BCUT2D eigenvalue weighted by molar-refractivity contribution is 6.99. The lowest BCUT2D eigenvalue weighted by Crippen LogP contribution is -2.51. The van der Waals surface area contributed by atoms with Gasteiger partial charge in [-0.2, -0.15) is 8.75 Å². The summed E-state index contributed by atoms with van der Waals surface area (Å²) in [6.07, 6.45) is 4.71. The van der Waals surface area contributed by atoms with E-state index in [4.69, 9.17) is 5.73 Å². The van der Waals surface area contributed by atoms with Gasteiger partial charge in [0.1, 0.15) is 0 Å². The minimum atomic E-state index is -0.0317. The molecule has 0 aliphatic carbocycles. The third-order valence-corrected chi connectivity index (χ3v) is 3.48. The van der Waals surface area contributed by atoms with Crippen molar-refractivity contribution in [3.05, 3.63) is 11.9 Å². The molecule has 2 atom stereocenters. The number of rotatable bonds is 2. The van der Waals surface area contributed by atoms with Gasteiger partial charge in [-0.25, -0.2) is 0 Å². The largest absolute Gasteiger partial charge is 0.333 e. The summed E-state index contributed by atoms with van der Waals surface area (Å²) < 4.78 is 7.84. The number of hydrogen-bond acceptors (Lipinski definition) is 5. The number of amides is 1. The highest BCUT2D eigenvalue weighted by Gasteiger charge is 2.30. The van der Waals surface area contributed by atoms with E-state index in [1.165, 1.54) is 6.20 Å². The maximum atomic E-state index is 12.2. The zero-order valence-corrected chi connectivity index (χ0v) is 11.3. The monoisotopic (exact) mass is 276 g/mol. The van der Waals surface area contributed by atoms with Crippen LogP contribution in [0, 0.1) is 0 Å². The van der Waals surface area contributed by atoms with Gasteiger partial charge in [-0.05, 0) is 26.2 Å². The number of likely N-dealkylation sites (tertiary alicyclic amines) is 1. The fourth-order valence-electron chi connectivity index (χ4n) is 2.16. The molecule has 17 heavy (non-hydrogen) atoms. The van der Waals surface area contributed by atoms with Crippen molar-refractivity contribution in [2.75, 3.05) is 6.54 Å². The molecule has 0 bridgehead atoms. The SMILES string of the molecule is CC(N)C1CCCCN1C(=O)c1cnsn1.Cl. The standard InChI is InChI=1S/C10H16N4OS.ClH/c1-7(11)9-4-2-3-5-14(9)10(15)8-6-12-16-13-8;/h6-7,9H,2-5,11H2,1H3;1H. The molecule has 5 nitrogen and oxygen atoms in total. The fraction of sp³-hybridized carbons (Fsp3) is 0.700. The molecule has 1 saturated heterocycles. The molecular formula is C10H17ClN4OS. The van der Waals surface area contributed by atoms with E-state index in [9.17, 15) is 4.79 Å². The van der Waals surface area contributed by atoms with Crippen LogP contribution in [-0.4, -0.2) is 38.2 Å². The Hall–Kier alpha value is -0.720. The first kappa shape index (κ1) is 14.3. The van der Waals surface area contributed by atoms with Gasteiger partial charge in [0.05, 0.1) is 17.9 Å². The number of hydrogen-bond donors (Lipinski definition) is 1. The minimum absolute atomic E-state index is 0. The molecule has 96 valence electrons. The Labute approximate surface area is 111 Å². The van der Waals surface area contributed by atoms with Crippen molar-refractivity contribution in [2.24, 2.45) is 5.73 Å². The summed E-state index contributed by atoms with van der Waals surface area (Å²) in [4.78, 5) is 14.0. The van der Waals surface area contributed by atoms with Crippen LogP contribution in [0.25, 0.3) is 0 Å². The Balaban J connectivity index is 0.00000144. The number of carbonyl (C=O) groups excluding carboxylic acids is 1. The molecular weight excluding hydrogens is 260 g/mol. The van der Waals surface area contributed by atoms with E-state index in [0.717, 1.165) is 37.5 Å². The van der Waals surface area contributed by atoms with Gasteiger partial charge in [0.2, 0.25) is 0 Å². The molecule has 0 saturated carbocycles. The van der Waals surface area contributed by atoms with E-state index < -0.39 is 0 Å². The summed E-state index contributed by atoms with van der Waals surface area (Å²) in [5.74, 6) is -0.0317. The van der Waals surface area contributed by atoms with Crippen LogP contribution in [0.15, 0.2) is 6.20 Å². The zero-order valence-electron chi connectivity index (χ0n) is 9.70. The second kappa shape index (κ2) is 6.28. The van der Waals surface area contributed by atoms with Gasteiger partial charge in [-0.3, -0.25) is 4.79 Å². The summed E-state index contributed by atoms with van der Waals surface area (Å²) in [6.45, 7) is 2.73. The predicted octanol–water partition coefficient (Wildman–Crippen LogP) is 1.30. The Kier molecular flexibility index (Phi) is 5.30. The lowest BCUT2D eigenvalue weighted by Gasteiger charge is -2.37. The lowest BCUT2D eigenvalue weighted by molar-refractivity contribution is 0.0579. The van der Waals surface area contributed by atoms with Crippen molar-refractivity contribution in [3.63, 3.8) is 0 Å². The van der Waals surface area contributed by atoms with Gasteiger partial charge >= 0.3 is 0 Å². The molecule has 1 fully saturated rings. The van der Waals surface area contributed by atoms with E-state index in [2.05, 4.69) is 8.75 Å². The van der Waals surface area contributed by atoms with Crippen molar-refractivity contribution in [1.82, 2.24) is 13.6 Å². The Bertz CT molecular complexity index is 357. The molecule has 2 rings (SSSR count). The van der Waals surface area contributed by atoms with Gasteiger partial charge in [-0.15, -0.1) is 12.4 Å². The van der Waals surface area contributed by atoms with Crippen molar-refractivity contribution in [3.8, 4) is 0 Å². The summed E-state index contributed by atoms with van der Waals surface area (Å²) >= 11 is 1.06. The van der Waals surface area contributed by atoms with Crippen molar-refractivity contribution in [2.45, 2.75) is 38.3 Å². The van der Waals surface area contributed by atoms with Crippen LogP contribution in [0.3, 0.4) is 0 Å². The highest BCUT2D eigenvalue weighted by Crippen LogP contribution is 2.20. The third kappa shape index (κ3) is 3.14. The minimum Gasteiger partial charge on any atom is -0.333 e. The Morgan fingerprint density at radius 2 is 2.41 bits per heavy atom. The topological polar surface area (TPSA) is 72.1 Å². The van der Waals surface area contributed by atoms with Crippen LogP contribution in [-0.2, 0) is 0 Å². The lowest BCUT2D eigenvalue weighted by atomic mass is 9.96. The third-order valence-electron chi connectivity index (χ3n) is 3.00. The number of nitrogens with zero attached hydrogens (tertiary/aromatic N) is 3. The fourth-order valence-corrected chi connectivity index (χ4v) is 2.57. The summed E-state index contributed by atoms with van der Waals surface area (Å²) in [5.41, 5.74) is 6.36. The molecule has 2 unspecified atom stereocenters. The van der Waals surface area contributed by atoms with Crippen molar-refractivity contribution >= 4 is 30.0 Å². The summed E-state index contributed by atoms with van der Waals surface area (Å²) in [6, 6.07) is 0.152. The number of aromatic nitrogens is 2. The molecule has 1 amide bonds. The first-order valence-corrected chi connectivity index (χ1v) is 6.27. The molecule has 1 aromatic heterocycles. The average Bonchev–Trinajstić information content (AvgIpc) is 2.81. The Morgan fingerprint density at radius 3 is 3.00 bits per heavy atom. The second-order valence-electron chi connectivity index (χ2n) is 4.21. The normalized spacial score (nSPS) is 21.8. The molecule has 2 heterocycles. The van der Waals surface area contributed by atoms with Crippen LogP contribution in [0.2, 0.25) is 0 Å². The highest BCUT2D eigenvalue weighted by atomic mass is 35.5. The molecule has 1 aromatic rings. The summed E-state index contributed by atoms with van der Waals surface area (Å²) in [7, 11) is 0. The van der Waals surface area contributed by atoms with E-state index in [0.29, 0.717) is 5.69 Å². The van der Waals surface area contributed by atoms with Gasteiger partial charge in [0.15, 0.2) is 5.69 Å². The molecule has 0 spiro atoms. The maximum absolute atomic E-state index is 12.2. The second-order valence-corrected chi connectivity index (χ2v) is 4.77. The first-order valence-electron chi connectivity index (χ1n) is 5.54.